The second-order valence-corrected chi connectivity index (χ2v) is 7.90. The number of ether oxygens (including phenoxy) is 2. The zero-order chi connectivity index (χ0) is 19.3. The maximum atomic E-state index is 12.8. The monoisotopic (exact) mass is 401 g/mol. The molecule has 1 unspecified atom stereocenters. The quantitative estimate of drug-likeness (QED) is 0.736. The van der Waals surface area contributed by atoms with Gasteiger partial charge in [0.1, 0.15) is 5.25 Å². The van der Waals surface area contributed by atoms with E-state index in [-0.39, 0.29) is 28.5 Å². The number of nitrogens with one attached hydrogen (secondary N) is 1. The number of rotatable bonds is 6. The number of esters is 2. The third kappa shape index (κ3) is 4.56. The van der Waals surface area contributed by atoms with Gasteiger partial charge in [0, 0.05) is 0 Å². The summed E-state index contributed by atoms with van der Waals surface area (Å²) in [6, 6.07) is 4.09. The van der Waals surface area contributed by atoms with Crippen LogP contribution in [0.15, 0.2) is 29.8 Å². The third-order valence-electron chi connectivity index (χ3n) is 3.91. The number of halogens is 1. The van der Waals surface area contributed by atoms with Crippen LogP contribution in [-0.2, 0) is 24.3 Å². The third-order valence-corrected chi connectivity index (χ3v) is 5.97. The fraction of sp³-hybridized carbons (Fsp3) is 0.412. The largest absolute Gasteiger partial charge is 0.465 e. The summed E-state index contributed by atoms with van der Waals surface area (Å²) in [5.41, 5.74) is 0.450. The Morgan fingerprint density at radius 3 is 2.65 bits per heavy atom. The van der Waals surface area contributed by atoms with Crippen molar-refractivity contribution in [3.63, 3.8) is 0 Å². The number of hydrogen-bond acceptors (Lipinski definition) is 6. The van der Waals surface area contributed by atoms with E-state index in [2.05, 4.69) is 9.46 Å². The van der Waals surface area contributed by atoms with Gasteiger partial charge >= 0.3 is 11.9 Å². The van der Waals surface area contributed by atoms with Crippen LogP contribution in [0.2, 0.25) is 5.02 Å². The normalized spacial score (nSPS) is 17.2. The number of sulfonamides is 1. The van der Waals surface area contributed by atoms with E-state index >= 15 is 0 Å². The van der Waals surface area contributed by atoms with E-state index in [9.17, 15) is 18.0 Å². The van der Waals surface area contributed by atoms with Gasteiger partial charge in [-0.3, -0.25) is 4.72 Å². The van der Waals surface area contributed by atoms with Gasteiger partial charge in [0.15, 0.2) is 0 Å². The number of anilines is 1. The summed E-state index contributed by atoms with van der Waals surface area (Å²) in [5.74, 6) is -1.21. The average Bonchev–Trinajstić information content (AvgIpc) is 2.62. The molecule has 1 aliphatic rings. The van der Waals surface area contributed by atoms with Gasteiger partial charge in [-0.1, -0.05) is 17.7 Å². The van der Waals surface area contributed by atoms with Gasteiger partial charge in [-0.05, 0) is 44.4 Å². The molecular weight excluding hydrogens is 382 g/mol. The number of allylic oxidation sites excluding steroid dienone is 1. The van der Waals surface area contributed by atoms with Gasteiger partial charge in [0.05, 0.1) is 35.6 Å². The predicted molar refractivity (Wildman–Crippen MR) is 97.7 cm³/mol. The van der Waals surface area contributed by atoms with Crippen molar-refractivity contribution in [1.29, 1.82) is 0 Å². The van der Waals surface area contributed by atoms with E-state index in [1.165, 1.54) is 25.3 Å². The summed E-state index contributed by atoms with van der Waals surface area (Å²) in [6.07, 6.45) is 3.17. The highest BCUT2D eigenvalue weighted by atomic mass is 35.5. The zero-order valence-corrected chi connectivity index (χ0v) is 16.0. The van der Waals surface area contributed by atoms with Crippen molar-refractivity contribution in [2.24, 2.45) is 0 Å². The Kier molecular flexibility index (Phi) is 6.66. The molecule has 142 valence electrons. The smallest absolute Gasteiger partial charge is 0.337 e. The van der Waals surface area contributed by atoms with Crippen molar-refractivity contribution in [2.75, 3.05) is 18.4 Å². The Labute approximate surface area is 157 Å². The molecule has 0 radical (unpaired) electrons. The van der Waals surface area contributed by atoms with E-state index in [1.54, 1.807) is 13.0 Å². The molecule has 2 rings (SSSR count). The van der Waals surface area contributed by atoms with Crippen LogP contribution < -0.4 is 4.72 Å². The molecule has 9 heteroatoms. The van der Waals surface area contributed by atoms with Gasteiger partial charge in [-0.15, -0.1) is 0 Å². The number of hydrogen-bond donors (Lipinski definition) is 1. The molecule has 0 amide bonds. The lowest BCUT2D eigenvalue weighted by Crippen LogP contribution is -2.34. The van der Waals surface area contributed by atoms with Gasteiger partial charge in [0.25, 0.3) is 0 Å². The molecule has 0 spiro atoms. The van der Waals surface area contributed by atoms with Crippen LogP contribution in [-0.4, -0.2) is 39.3 Å². The van der Waals surface area contributed by atoms with Crippen molar-refractivity contribution in [3.8, 4) is 0 Å². The van der Waals surface area contributed by atoms with Gasteiger partial charge in [0.2, 0.25) is 10.0 Å². The highest BCUT2D eigenvalue weighted by Crippen LogP contribution is 2.30. The molecule has 1 N–H and O–H groups in total. The van der Waals surface area contributed by atoms with Gasteiger partial charge in [-0.25, -0.2) is 18.0 Å². The first kappa shape index (κ1) is 20.3. The number of benzene rings is 1. The van der Waals surface area contributed by atoms with Crippen molar-refractivity contribution in [3.05, 3.63) is 40.4 Å². The van der Waals surface area contributed by atoms with E-state index in [1.807, 2.05) is 0 Å². The summed E-state index contributed by atoms with van der Waals surface area (Å²) in [4.78, 5) is 23.6. The zero-order valence-electron chi connectivity index (χ0n) is 14.5. The molecule has 26 heavy (non-hydrogen) atoms. The highest BCUT2D eigenvalue weighted by Gasteiger charge is 2.35. The minimum absolute atomic E-state index is 0.0500. The number of carbonyl (C=O) groups is 2. The standard InChI is InChI=1S/C17H20ClNO6S/c1-3-25-17(21)12-6-4-5-7-15(12)26(22,23)19-14-9-8-11(10-13(14)18)16(20)24-2/h6,8-10,15,19H,3-5,7H2,1-2H3. The Hall–Kier alpha value is -2.06. The van der Waals surface area contributed by atoms with Gasteiger partial charge in [-0.2, -0.15) is 0 Å². The molecular formula is C17H20ClNO6S. The fourth-order valence-electron chi connectivity index (χ4n) is 2.67. The van der Waals surface area contributed by atoms with Crippen LogP contribution in [0.5, 0.6) is 0 Å². The first-order valence-corrected chi connectivity index (χ1v) is 9.99. The minimum atomic E-state index is -3.93. The van der Waals surface area contributed by atoms with Crippen LogP contribution in [0.25, 0.3) is 0 Å². The topological polar surface area (TPSA) is 98.8 Å². The summed E-state index contributed by atoms with van der Waals surface area (Å²) in [5, 5.41) is -0.972. The molecule has 0 bridgehead atoms. The van der Waals surface area contributed by atoms with Crippen LogP contribution in [0.4, 0.5) is 5.69 Å². The van der Waals surface area contributed by atoms with Gasteiger partial charge < -0.3 is 9.47 Å². The molecule has 1 aliphatic carbocycles. The fourth-order valence-corrected chi connectivity index (χ4v) is 4.58. The molecule has 1 aromatic rings. The Balaban J connectivity index is 2.27. The lowest BCUT2D eigenvalue weighted by atomic mass is 9.99. The predicted octanol–water partition coefficient (Wildman–Crippen LogP) is 2.91. The van der Waals surface area contributed by atoms with Crippen LogP contribution in [0.1, 0.15) is 36.5 Å². The molecule has 1 atom stereocenters. The molecule has 0 aromatic heterocycles. The lowest BCUT2D eigenvalue weighted by Gasteiger charge is -2.24. The second kappa shape index (κ2) is 8.55. The second-order valence-electron chi connectivity index (χ2n) is 5.63. The van der Waals surface area contributed by atoms with E-state index < -0.39 is 27.2 Å². The molecule has 1 aromatic carbocycles. The maximum absolute atomic E-state index is 12.8. The first-order valence-electron chi connectivity index (χ1n) is 8.06. The molecule has 0 saturated heterocycles. The molecule has 0 aliphatic heterocycles. The highest BCUT2D eigenvalue weighted by molar-refractivity contribution is 7.93. The molecule has 0 fully saturated rings. The van der Waals surface area contributed by atoms with Crippen molar-refractivity contribution >= 4 is 39.3 Å². The number of carbonyl (C=O) groups excluding carboxylic acids is 2. The van der Waals surface area contributed by atoms with Crippen molar-refractivity contribution in [1.82, 2.24) is 0 Å². The van der Waals surface area contributed by atoms with Crippen molar-refractivity contribution in [2.45, 2.75) is 31.4 Å². The van der Waals surface area contributed by atoms with E-state index in [0.717, 1.165) is 0 Å². The molecule has 0 heterocycles. The summed E-state index contributed by atoms with van der Waals surface area (Å²) < 4.78 is 37.5. The average molecular weight is 402 g/mol. The lowest BCUT2D eigenvalue weighted by molar-refractivity contribution is -0.138. The Morgan fingerprint density at radius 1 is 1.31 bits per heavy atom. The van der Waals surface area contributed by atoms with Crippen LogP contribution in [0, 0.1) is 0 Å². The maximum Gasteiger partial charge on any atom is 0.337 e. The van der Waals surface area contributed by atoms with Crippen molar-refractivity contribution < 1.29 is 27.5 Å². The number of methoxy groups -OCH3 is 1. The van der Waals surface area contributed by atoms with Crippen LogP contribution >= 0.6 is 11.6 Å². The Bertz CT molecular complexity index is 834. The van der Waals surface area contributed by atoms with E-state index in [4.69, 9.17) is 16.3 Å². The first-order chi connectivity index (χ1) is 12.3. The Morgan fingerprint density at radius 2 is 2.04 bits per heavy atom. The summed E-state index contributed by atoms with van der Waals surface area (Å²) in [7, 11) is -2.69. The summed E-state index contributed by atoms with van der Waals surface area (Å²) in [6.45, 7) is 1.82. The summed E-state index contributed by atoms with van der Waals surface area (Å²) >= 11 is 6.08. The molecule has 0 saturated carbocycles. The molecule has 7 nitrogen and oxygen atoms in total. The minimum Gasteiger partial charge on any atom is -0.465 e. The van der Waals surface area contributed by atoms with E-state index in [0.29, 0.717) is 19.3 Å². The SMILES string of the molecule is CCOC(=O)C1=CCCCC1S(=O)(=O)Nc1ccc(C(=O)OC)cc1Cl. The van der Waals surface area contributed by atoms with Crippen LogP contribution in [0.3, 0.4) is 0 Å².